The van der Waals surface area contributed by atoms with E-state index < -0.39 is 23.4 Å². The van der Waals surface area contributed by atoms with Crippen molar-refractivity contribution in [2.45, 2.75) is 6.54 Å². The lowest BCUT2D eigenvalue weighted by Gasteiger charge is -2.11. The quantitative estimate of drug-likeness (QED) is 0.263. The van der Waals surface area contributed by atoms with Crippen LogP contribution in [0.4, 0.5) is 13.2 Å². The fourth-order valence-corrected chi connectivity index (χ4v) is 4.72. The van der Waals surface area contributed by atoms with Gasteiger partial charge in [0.1, 0.15) is 5.82 Å². The van der Waals surface area contributed by atoms with Crippen LogP contribution in [0.3, 0.4) is 0 Å². The topological polar surface area (TPSA) is 48.0 Å². The number of benzene rings is 4. The molecular formula is C26H14Cl2F3N2O. The van der Waals surface area contributed by atoms with Crippen LogP contribution >= 0.6 is 23.2 Å². The fraction of sp³-hybridized carbons (Fsp3) is 0.0385. The number of halogens is 5. The van der Waals surface area contributed by atoms with Gasteiger partial charge in [-0.2, -0.15) is 0 Å². The molecule has 4 aromatic carbocycles. The van der Waals surface area contributed by atoms with Crippen molar-refractivity contribution in [2.75, 3.05) is 0 Å². The first-order valence-electron chi connectivity index (χ1n) is 10.1. The third-order valence-electron chi connectivity index (χ3n) is 5.70. The number of carbonyl (C=O) groups is 1. The molecule has 1 amide bonds. The molecular weight excluding hydrogens is 484 g/mol. The summed E-state index contributed by atoms with van der Waals surface area (Å²) in [4.78, 5) is 12.1. The Labute approximate surface area is 202 Å². The van der Waals surface area contributed by atoms with Crippen molar-refractivity contribution in [1.29, 1.82) is 0 Å². The van der Waals surface area contributed by atoms with Gasteiger partial charge >= 0.3 is 0 Å². The van der Waals surface area contributed by atoms with Crippen LogP contribution in [0, 0.1) is 23.5 Å². The number of nitrogens with zero attached hydrogens (tertiary/aromatic N) is 1. The predicted octanol–water partition coefficient (Wildman–Crippen LogP) is 7.13. The maximum atomic E-state index is 14.5. The Kier molecular flexibility index (Phi) is 5.50. The van der Waals surface area contributed by atoms with Crippen LogP contribution < -0.4 is 5.73 Å². The number of fused-ring (bicyclic) bond motifs is 3. The SMILES string of the molecule is NC(=O)c1cccc2c1c1[c]cc(-c3ccc(Cl)cc3Cl)cc1n2Cc1cc(F)cc(F)c1F. The predicted molar refractivity (Wildman–Crippen MR) is 128 cm³/mol. The average Bonchev–Trinajstić information content (AvgIpc) is 3.10. The molecule has 5 aromatic rings. The summed E-state index contributed by atoms with van der Waals surface area (Å²) in [7, 11) is 0. The molecule has 1 heterocycles. The largest absolute Gasteiger partial charge is 0.366 e. The molecule has 0 bridgehead atoms. The molecule has 169 valence electrons. The molecule has 0 unspecified atom stereocenters. The van der Waals surface area contributed by atoms with E-state index in [-0.39, 0.29) is 17.7 Å². The van der Waals surface area contributed by atoms with Gasteiger partial charge in [0.25, 0.3) is 0 Å². The molecule has 0 fully saturated rings. The summed E-state index contributed by atoms with van der Waals surface area (Å²) >= 11 is 12.4. The van der Waals surface area contributed by atoms with Gasteiger partial charge in [0.05, 0.1) is 17.6 Å². The van der Waals surface area contributed by atoms with Gasteiger partial charge in [-0.25, -0.2) is 13.2 Å². The second-order valence-electron chi connectivity index (χ2n) is 7.78. The summed E-state index contributed by atoms with van der Waals surface area (Å²) in [5, 5.41) is 1.95. The number of hydrogen-bond acceptors (Lipinski definition) is 1. The lowest BCUT2D eigenvalue weighted by Crippen LogP contribution is -2.11. The first-order valence-corrected chi connectivity index (χ1v) is 10.9. The first-order chi connectivity index (χ1) is 16.2. The number of aromatic nitrogens is 1. The van der Waals surface area contributed by atoms with E-state index in [1.54, 1.807) is 53.1 Å². The van der Waals surface area contributed by atoms with Crippen LogP contribution in [-0.2, 0) is 6.54 Å². The normalized spacial score (nSPS) is 11.4. The average molecular weight is 498 g/mol. The van der Waals surface area contributed by atoms with Gasteiger partial charge in [0, 0.05) is 43.6 Å². The molecule has 1 aromatic heterocycles. The van der Waals surface area contributed by atoms with Crippen molar-refractivity contribution in [3.63, 3.8) is 0 Å². The van der Waals surface area contributed by atoms with E-state index in [0.29, 0.717) is 49.0 Å². The summed E-state index contributed by atoms with van der Waals surface area (Å²) in [6.45, 7) is -0.200. The molecule has 0 aliphatic carbocycles. The minimum atomic E-state index is -1.28. The van der Waals surface area contributed by atoms with Crippen molar-refractivity contribution in [3.8, 4) is 11.1 Å². The highest BCUT2D eigenvalue weighted by atomic mass is 35.5. The van der Waals surface area contributed by atoms with Gasteiger partial charge in [0.15, 0.2) is 11.6 Å². The Hall–Kier alpha value is -3.48. The third kappa shape index (κ3) is 3.69. The number of rotatable bonds is 4. The molecule has 8 heteroatoms. The highest BCUT2D eigenvalue weighted by molar-refractivity contribution is 6.36. The molecule has 3 nitrogen and oxygen atoms in total. The van der Waals surface area contributed by atoms with Crippen LogP contribution in [0.25, 0.3) is 32.9 Å². The molecule has 0 atom stereocenters. The van der Waals surface area contributed by atoms with Gasteiger partial charge in [-0.05, 0) is 54.1 Å². The number of primary amides is 1. The smallest absolute Gasteiger partial charge is 0.249 e. The Morgan fingerprint density at radius 1 is 1.00 bits per heavy atom. The molecule has 0 aliphatic heterocycles. The molecule has 0 spiro atoms. The van der Waals surface area contributed by atoms with Crippen LogP contribution in [0.15, 0.2) is 60.7 Å². The lowest BCUT2D eigenvalue weighted by atomic mass is 10.0. The molecule has 2 N–H and O–H groups in total. The van der Waals surface area contributed by atoms with Crippen molar-refractivity contribution in [3.05, 3.63) is 105 Å². The Morgan fingerprint density at radius 3 is 2.53 bits per heavy atom. The van der Waals surface area contributed by atoms with E-state index >= 15 is 0 Å². The molecule has 0 aliphatic rings. The Balaban J connectivity index is 1.83. The van der Waals surface area contributed by atoms with Gasteiger partial charge in [-0.3, -0.25) is 4.79 Å². The molecule has 0 saturated carbocycles. The summed E-state index contributed by atoms with van der Waals surface area (Å²) in [6, 6.07) is 18.1. The molecule has 5 rings (SSSR count). The first kappa shape index (κ1) is 22.3. The number of nitrogens with two attached hydrogens (primary N) is 1. The Bertz CT molecular complexity index is 1630. The highest BCUT2D eigenvalue weighted by Gasteiger charge is 2.20. The van der Waals surface area contributed by atoms with E-state index in [1.165, 1.54) is 0 Å². The van der Waals surface area contributed by atoms with Crippen LogP contribution in [0.1, 0.15) is 15.9 Å². The third-order valence-corrected chi connectivity index (χ3v) is 6.25. The standard InChI is InChI=1S/C26H14Cl2F3N2O/c27-15-5-7-17(20(28)10-15)13-4-6-18-23(9-13)33(12-14-8-16(29)11-21(30)25(14)31)22-3-1-2-19(24(18)22)26(32)34/h1-5,7-11H,12H2,(H2,32,34). The fourth-order valence-electron chi connectivity index (χ4n) is 4.21. The molecule has 1 radical (unpaired) electrons. The molecule has 34 heavy (non-hydrogen) atoms. The minimum Gasteiger partial charge on any atom is -0.366 e. The van der Waals surface area contributed by atoms with Crippen molar-refractivity contribution in [2.24, 2.45) is 5.73 Å². The maximum absolute atomic E-state index is 14.5. The van der Waals surface area contributed by atoms with Gasteiger partial charge in [0.2, 0.25) is 5.91 Å². The summed E-state index contributed by atoms with van der Waals surface area (Å²) in [5.74, 6) is -3.98. The number of hydrogen-bond donors (Lipinski definition) is 1. The van der Waals surface area contributed by atoms with Crippen molar-refractivity contribution >= 4 is 50.9 Å². The van der Waals surface area contributed by atoms with E-state index in [4.69, 9.17) is 28.9 Å². The van der Waals surface area contributed by atoms with Gasteiger partial charge < -0.3 is 10.3 Å². The Morgan fingerprint density at radius 2 is 1.79 bits per heavy atom. The van der Waals surface area contributed by atoms with E-state index in [2.05, 4.69) is 6.07 Å². The van der Waals surface area contributed by atoms with Crippen LogP contribution in [0.5, 0.6) is 0 Å². The monoisotopic (exact) mass is 497 g/mol. The summed E-state index contributed by atoms with van der Waals surface area (Å²) < 4.78 is 44.0. The van der Waals surface area contributed by atoms with Crippen molar-refractivity contribution < 1.29 is 18.0 Å². The van der Waals surface area contributed by atoms with Gasteiger partial charge in [-0.15, -0.1) is 0 Å². The minimum absolute atomic E-state index is 0.185. The van der Waals surface area contributed by atoms with Crippen LogP contribution in [-0.4, -0.2) is 10.5 Å². The van der Waals surface area contributed by atoms with Crippen molar-refractivity contribution in [1.82, 2.24) is 4.57 Å². The molecule has 0 saturated heterocycles. The highest BCUT2D eigenvalue weighted by Crippen LogP contribution is 2.37. The zero-order valence-electron chi connectivity index (χ0n) is 17.3. The number of carbonyl (C=O) groups excluding carboxylic acids is 1. The van der Waals surface area contributed by atoms with E-state index in [1.807, 2.05) is 0 Å². The number of amides is 1. The lowest BCUT2D eigenvalue weighted by molar-refractivity contribution is 0.100. The second-order valence-corrected chi connectivity index (χ2v) is 8.63. The maximum Gasteiger partial charge on any atom is 0.249 e. The van der Waals surface area contributed by atoms with E-state index in [9.17, 15) is 18.0 Å². The summed E-state index contributed by atoms with van der Waals surface area (Å²) in [6.07, 6.45) is 0. The van der Waals surface area contributed by atoms with Gasteiger partial charge in [-0.1, -0.05) is 35.3 Å². The second kappa shape index (κ2) is 8.38. The zero-order valence-corrected chi connectivity index (χ0v) is 18.8. The summed E-state index contributed by atoms with van der Waals surface area (Å²) in [5.41, 5.74) is 8.12. The zero-order chi connectivity index (χ0) is 24.1. The van der Waals surface area contributed by atoms with Crippen LogP contribution in [0.2, 0.25) is 10.0 Å². The van der Waals surface area contributed by atoms with E-state index in [0.717, 1.165) is 6.07 Å².